The van der Waals surface area contributed by atoms with Gasteiger partial charge in [0.15, 0.2) is 0 Å². The molecule has 0 saturated heterocycles. The molecule has 0 aromatic carbocycles. The monoisotopic (exact) mass is 182 g/mol. The van der Waals surface area contributed by atoms with Crippen LogP contribution >= 0.6 is 0 Å². The van der Waals surface area contributed by atoms with Crippen molar-refractivity contribution in [2.75, 3.05) is 13.2 Å². The summed E-state index contributed by atoms with van der Waals surface area (Å²) in [7, 11) is 0. The average molecular weight is 182 g/mol. The molecule has 0 amide bonds. The van der Waals surface area contributed by atoms with Crippen molar-refractivity contribution < 1.29 is 0 Å². The van der Waals surface area contributed by atoms with E-state index in [9.17, 15) is 0 Å². The Balaban J connectivity index is 2.33. The van der Waals surface area contributed by atoms with E-state index in [-0.39, 0.29) is 0 Å². The maximum atomic E-state index is 2.41. The van der Waals surface area contributed by atoms with Gasteiger partial charge in [-0.25, -0.2) is 0 Å². The van der Waals surface area contributed by atoms with Gasteiger partial charge in [-0.2, -0.15) is 0 Å². The third-order valence-corrected chi connectivity index (χ3v) is 2.57. The van der Waals surface area contributed by atoms with Crippen LogP contribution in [0.3, 0.4) is 0 Å². The topological polar surface area (TPSA) is 6.48 Å². The molecule has 1 aliphatic heterocycles. The van der Waals surface area contributed by atoms with Crippen LogP contribution < -0.4 is 0 Å². The Morgan fingerprint density at radius 1 is 1.23 bits per heavy atom. The van der Waals surface area contributed by atoms with Crippen molar-refractivity contribution in [2.24, 2.45) is 5.92 Å². The van der Waals surface area contributed by atoms with Gasteiger partial charge in [-0.05, 0) is 19.3 Å². The van der Waals surface area contributed by atoms with E-state index in [0.29, 0.717) is 6.04 Å². The summed E-state index contributed by atoms with van der Waals surface area (Å²) in [5.41, 5.74) is 0. The van der Waals surface area contributed by atoms with Gasteiger partial charge in [0.1, 0.15) is 0 Å². The molecule has 0 aromatic rings. The Labute approximate surface area is 82.2 Å². The Morgan fingerprint density at radius 2 is 1.92 bits per heavy atom. The minimum Gasteiger partial charge on any atom is -0.358 e. The van der Waals surface area contributed by atoms with Gasteiger partial charge in [-0.3, -0.25) is 0 Å². The first-order valence-corrected chi connectivity index (χ1v) is 5.31. The van der Waals surface area contributed by atoms with E-state index in [0.717, 1.165) is 12.6 Å². The minimum atomic E-state index is 0.674. The van der Waals surface area contributed by atoms with Crippen LogP contribution in [0, 0.1) is 5.92 Å². The Morgan fingerprint density at radius 3 is 2.46 bits per heavy atom. The molecule has 0 spiro atoms. The van der Waals surface area contributed by atoms with E-state index < -0.39 is 0 Å². The molecule has 1 heterocycles. The summed E-state index contributed by atoms with van der Waals surface area (Å²) in [5, 5.41) is 0. The van der Waals surface area contributed by atoms with Crippen molar-refractivity contribution >= 4 is 0 Å². The van der Waals surface area contributed by atoms with Crippen molar-refractivity contribution in [3.63, 3.8) is 0 Å². The van der Waals surface area contributed by atoms with Gasteiger partial charge in [0.05, 0.1) is 6.67 Å². The molecule has 0 aliphatic carbocycles. The van der Waals surface area contributed by atoms with E-state index in [1.807, 2.05) is 0 Å². The Kier molecular flexibility index (Phi) is 3.64. The van der Waals surface area contributed by atoms with Crippen molar-refractivity contribution in [1.29, 1.82) is 0 Å². The van der Waals surface area contributed by atoms with Crippen LogP contribution in [0.5, 0.6) is 0 Å². The lowest BCUT2D eigenvalue weighted by atomic mass is 10.2. The van der Waals surface area contributed by atoms with Gasteiger partial charge in [-0.1, -0.05) is 20.8 Å². The number of rotatable bonds is 4. The maximum Gasteiger partial charge on any atom is 0.0896 e. The summed E-state index contributed by atoms with van der Waals surface area (Å²) in [5.74, 6) is 0.751. The predicted molar refractivity (Wildman–Crippen MR) is 57.1 cm³/mol. The molecule has 1 atom stereocenters. The standard InChI is InChI=1S/C11H22N2/c1-5-11(4)13-7-6-12(9-13)8-10(2)3/h6-7,10-11H,5,8-9H2,1-4H3. The molecule has 0 radical (unpaired) electrons. The Hall–Kier alpha value is -0.660. The van der Waals surface area contributed by atoms with Crippen LogP contribution in [0.4, 0.5) is 0 Å². The smallest absolute Gasteiger partial charge is 0.0896 e. The third-order valence-electron chi connectivity index (χ3n) is 2.57. The summed E-state index contributed by atoms with van der Waals surface area (Å²) in [6.07, 6.45) is 5.66. The minimum absolute atomic E-state index is 0.674. The van der Waals surface area contributed by atoms with Crippen LogP contribution in [0.25, 0.3) is 0 Å². The molecule has 13 heavy (non-hydrogen) atoms. The Bertz CT molecular complexity index is 175. The highest BCUT2D eigenvalue weighted by atomic mass is 15.3. The van der Waals surface area contributed by atoms with Crippen LogP contribution in [-0.2, 0) is 0 Å². The molecule has 0 N–H and O–H groups in total. The number of hydrogen-bond acceptors (Lipinski definition) is 2. The second kappa shape index (κ2) is 4.54. The van der Waals surface area contributed by atoms with Crippen molar-refractivity contribution in [2.45, 2.75) is 40.2 Å². The summed E-state index contributed by atoms with van der Waals surface area (Å²) >= 11 is 0. The molecule has 1 rings (SSSR count). The molecule has 0 aromatic heterocycles. The van der Waals surface area contributed by atoms with E-state index in [1.54, 1.807) is 0 Å². The summed E-state index contributed by atoms with van der Waals surface area (Å²) in [4.78, 5) is 4.79. The fourth-order valence-electron chi connectivity index (χ4n) is 1.59. The van der Waals surface area contributed by atoms with E-state index in [1.165, 1.54) is 13.0 Å². The fraction of sp³-hybridized carbons (Fsp3) is 0.818. The quantitative estimate of drug-likeness (QED) is 0.659. The average Bonchev–Trinajstić information content (AvgIpc) is 2.50. The molecule has 2 heteroatoms. The number of hydrogen-bond donors (Lipinski definition) is 0. The third kappa shape index (κ3) is 2.94. The van der Waals surface area contributed by atoms with Crippen LogP contribution in [0.2, 0.25) is 0 Å². The first kappa shape index (κ1) is 10.4. The zero-order valence-electron chi connectivity index (χ0n) is 9.33. The maximum absolute atomic E-state index is 2.41. The SMILES string of the molecule is CCC(C)N1C=CN(CC(C)C)C1. The number of nitrogens with zero attached hydrogens (tertiary/aromatic N) is 2. The van der Waals surface area contributed by atoms with Gasteiger partial charge in [0.2, 0.25) is 0 Å². The second-order valence-electron chi connectivity index (χ2n) is 4.38. The summed E-state index contributed by atoms with van der Waals surface area (Å²) in [6.45, 7) is 11.3. The van der Waals surface area contributed by atoms with E-state index in [4.69, 9.17) is 0 Å². The summed E-state index contributed by atoms with van der Waals surface area (Å²) in [6, 6.07) is 0.674. The zero-order valence-corrected chi connectivity index (χ0v) is 9.33. The lowest BCUT2D eigenvalue weighted by Crippen LogP contribution is -2.33. The molecule has 0 fully saturated rings. The van der Waals surface area contributed by atoms with Gasteiger partial charge in [-0.15, -0.1) is 0 Å². The molecule has 1 unspecified atom stereocenters. The first-order chi connectivity index (χ1) is 6.13. The van der Waals surface area contributed by atoms with Crippen LogP contribution in [-0.4, -0.2) is 29.1 Å². The van der Waals surface area contributed by atoms with Gasteiger partial charge in [0, 0.05) is 25.0 Å². The molecule has 0 bridgehead atoms. The molecule has 2 nitrogen and oxygen atoms in total. The van der Waals surface area contributed by atoms with Gasteiger partial charge >= 0.3 is 0 Å². The van der Waals surface area contributed by atoms with Crippen LogP contribution in [0.15, 0.2) is 12.4 Å². The molecule has 1 aliphatic rings. The largest absolute Gasteiger partial charge is 0.358 e. The highest BCUT2D eigenvalue weighted by molar-refractivity contribution is 4.92. The van der Waals surface area contributed by atoms with E-state index >= 15 is 0 Å². The molecular formula is C11H22N2. The normalized spacial score (nSPS) is 18.8. The van der Waals surface area contributed by atoms with E-state index in [2.05, 4.69) is 49.9 Å². The van der Waals surface area contributed by atoms with Crippen molar-refractivity contribution in [3.05, 3.63) is 12.4 Å². The van der Waals surface area contributed by atoms with Gasteiger partial charge in [0.25, 0.3) is 0 Å². The lowest BCUT2D eigenvalue weighted by Gasteiger charge is -2.26. The molecular weight excluding hydrogens is 160 g/mol. The first-order valence-electron chi connectivity index (χ1n) is 5.31. The fourth-order valence-corrected chi connectivity index (χ4v) is 1.59. The lowest BCUT2D eigenvalue weighted by molar-refractivity contribution is 0.206. The molecule has 76 valence electrons. The second-order valence-corrected chi connectivity index (χ2v) is 4.38. The summed E-state index contributed by atoms with van der Waals surface area (Å²) < 4.78 is 0. The van der Waals surface area contributed by atoms with Crippen LogP contribution in [0.1, 0.15) is 34.1 Å². The van der Waals surface area contributed by atoms with Crippen molar-refractivity contribution in [1.82, 2.24) is 9.80 Å². The zero-order chi connectivity index (χ0) is 9.84. The van der Waals surface area contributed by atoms with Crippen molar-refractivity contribution in [3.8, 4) is 0 Å². The highest BCUT2D eigenvalue weighted by Gasteiger charge is 2.16. The molecule has 0 saturated carbocycles. The predicted octanol–water partition coefficient (Wildman–Crippen LogP) is 2.49. The van der Waals surface area contributed by atoms with Gasteiger partial charge < -0.3 is 9.80 Å². The highest BCUT2D eigenvalue weighted by Crippen LogP contribution is 2.13.